The van der Waals surface area contributed by atoms with Crippen molar-refractivity contribution in [3.63, 3.8) is 0 Å². The van der Waals surface area contributed by atoms with Crippen molar-refractivity contribution in [3.05, 3.63) is 12.7 Å². The number of likely N-dealkylation sites (tertiary alicyclic amines) is 1. The molecule has 2 heterocycles. The normalized spacial score (nSPS) is 24.2. The standard InChI is InChI=1S/C22H38N2O5Si/c1-9-10-28-21(27)24-12-16(13-24)11-17(25)14(2)19-18(20(26)23-19)15(3)29-30(7,8)22(4,5)6/h9,14-16,18-19H,1,10-13H2,2-8H3,(H,23,26)/t14?,15-,18-,19-/m1/s1. The summed E-state index contributed by atoms with van der Waals surface area (Å²) in [5.41, 5.74) is 0. The van der Waals surface area contributed by atoms with Crippen LogP contribution < -0.4 is 5.32 Å². The van der Waals surface area contributed by atoms with Gasteiger partial charge in [0.25, 0.3) is 0 Å². The van der Waals surface area contributed by atoms with Crippen LogP contribution in [0.4, 0.5) is 4.79 Å². The number of hydrogen-bond acceptors (Lipinski definition) is 5. The average molecular weight is 439 g/mol. The second-order valence-corrected chi connectivity index (χ2v) is 15.0. The van der Waals surface area contributed by atoms with Crippen LogP contribution in [-0.4, -0.2) is 62.8 Å². The molecule has 4 atom stereocenters. The van der Waals surface area contributed by atoms with Gasteiger partial charge in [-0.3, -0.25) is 9.59 Å². The van der Waals surface area contributed by atoms with E-state index in [4.69, 9.17) is 9.16 Å². The molecule has 0 aromatic heterocycles. The van der Waals surface area contributed by atoms with Gasteiger partial charge in [-0.25, -0.2) is 4.79 Å². The Labute approximate surface area is 181 Å². The summed E-state index contributed by atoms with van der Waals surface area (Å²) in [5.74, 6) is -0.351. The number of amides is 2. The number of nitrogens with one attached hydrogen (secondary N) is 1. The van der Waals surface area contributed by atoms with Gasteiger partial charge in [-0.2, -0.15) is 0 Å². The van der Waals surface area contributed by atoms with Crippen molar-refractivity contribution in [2.75, 3.05) is 19.7 Å². The second kappa shape index (κ2) is 9.22. The predicted molar refractivity (Wildman–Crippen MR) is 119 cm³/mol. The van der Waals surface area contributed by atoms with Gasteiger partial charge in [0.2, 0.25) is 5.91 Å². The molecule has 0 bridgehead atoms. The van der Waals surface area contributed by atoms with Gasteiger partial charge in [0, 0.05) is 31.3 Å². The second-order valence-electron chi connectivity index (χ2n) is 10.2. The Bertz CT molecular complexity index is 682. The Balaban J connectivity index is 1.87. The maximum Gasteiger partial charge on any atom is 0.410 e. The number of hydrogen-bond donors (Lipinski definition) is 1. The number of carbonyl (C=O) groups excluding carboxylic acids is 3. The smallest absolute Gasteiger partial charge is 0.410 e. The van der Waals surface area contributed by atoms with Gasteiger partial charge >= 0.3 is 6.09 Å². The SMILES string of the molecule is C=CCOC(=O)N1CC(CC(=O)C(C)[C@H]2NC(=O)[C@@H]2[C@@H](C)O[Si](C)(C)C(C)(C)C)C1. The number of ether oxygens (including phenoxy) is 1. The van der Waals surface area contributed by atoms with E-state index in [2.05, 4.69) is 45.8 Å². The zero-order valence-corrected chi connectivity index (χ0v) is 20.5. The van der Waals surface area contributed by atoms with Crippen molar-refractivity contribution in [2.45, 2.75) is 71.3 Å². The van der Waals surface area contributed by atoms with Crippen LogP contribution in [0, 0.1) is 17.8 Å². The molecule has 30 heavy (non-hydrogen) atoms. The minimum atomic E-state index is -2.01. The summed E-state index contributed by atoms with van der Waals surface area (Å²) in [7, 11) is -2.01. The van der Waals surface area contributed by atoms with Gasteiger partial charge in [0.05, 0.1) is 18.1 Å². The summed E-state index contributed by atoms with van der Waals surface area (Å²) < 4.78 is 11.4. The lowest BCUT2D eigenvalue weighted by atomic mass is 9.75. The van der Waals surface area contributed by atoms with Crippen LogP contribution in [-0.2, 0) is 18.8 Å². The number of nitrogens with zero attached hydrogens (tertiary/aromatic N) is 1. The molecule has 2 saturated heterocycles. The quantitative estimate of drug-likeness (QED) is 0.339. The van der Waals surface area contributed by atoms with Gasteiger partial charge in [0.15, 0.2) is 8.32 Å². The molecular formula is C22H38N2O5Si. The van der Waals surface area contributed by atoms with Crippen LogP contribution in [0.5, 0.6) is 0 Å². The Morgan fingerprint density at radius 2 is 1.90 bits per heavy atom. The predicted octanol–water partition coefficient (Wildman–Crippen LogP) is 3.36. The molecule has 0 aromatic carbocycles. The summed E-state index contributed by atoms with van der Waals surface area (Å²) in [6.45, 7) is 19.5. The number of ketones is 1. The van der Waals surface area contributed by atoms with Crippen LogP contribution >= 0.6 is 0 Å². The van der Waals surface area contributed by atoms with Crippen LogP contribution in [0.15, 0.2) is 12.7 Å². The topological polar surface area (TPSA) is 84.9 Å². The fourth-order valence-corrected chi connectivity index (χ4v) is 5.24. The first-order valence-electron chi connectivity index (χ1n) is 10.8. The van der Waals surface area contributed by atoms with Crippen LogP contribution in [0.3, 0.4) is 0 Å². The molecule has 2 aliphatic rings. The molecule has 2 amide bonds. The van der Waals surface area contributed by atoms with Gasteiger partial charge in [-0.05, 0) is 25.1 Å². The molecule has 0 aromatic rings. The van der Waals surface area contributed by atoms with Crippen molar-refractivity contribution >= 4 is 26.1 Å². The molecule has 0 radical (unpaired) electrons. The minimum Gasteiger partial charge on any atom is -0.445 e. The monoisotopic (exact) mass is 438 g/mol. The van der Waals surface area contributed by atoms with Crippen molar-refractivity contribution < 1.29 is 23.5 Å². The lowest BCUT2D eigenvalue weighted by Crippen LogP contribution is -2.67. The first-order chi connectivity index (χ1) is 13.8. The average Bonchev–Trinajstić information content (AvgIpc) is 2.57. The Morgan fingerprint density at radius 1 is 1.30 bits per heavy atom. The number of carbonyl (C=O) groups is 3. The Kier molecular flexibility index (Phi) is 7.56. The fourth-order valence-electron chi connectivity index (χ4n) is 3.81. The van der Waals surface area contributed by atoms with Crippen molar-refractivity contribution in [1.29, 1.82) is 0 Å². The molecule has 0 spiro atoms. The highest BCUT2D eigenvalue weighted by atomic mass is 28.4. The summed E-state index contributed by atoms with van der Waals surface area (Å²) in [6, 6.07) is -0.196. The summed E-state index contributed by atoms with van der Waals surface area (Å²) >= 11 is 0. The third-order valence-corrected chi connectivity index (χ3v) is 11.4. The van der Waals surface area contributed by atoms with E-state index in [1.165, 1.54) is 6.08 Å². The number of β-lactam (4-membered cyclic amide) rings is 1. The molecule has 1 unspecified atom stereocenters. The largest absolute Gasteiger partial charge is 0.445 e. The Morgan fingerprint density at radius 3 is 2.40 bits per heavy atom. The molecule has 2 aliphatic heterocycles. The summed E-state index contributed by atoms with van der Waals surface area (Å²) in [5, 5.41) is 2.98. The summed E-state index contributed by atoms with van der Waals surface area (Å²) in [4.78, 5) is 38.5. The third kappa shape index (κ3) is 5.32. The highest BCUT2D eigenvalue weighted by molar-refractivity contribution is 6.74. The van der Waals surface area contributed by atoms with E-state index < -0.39 is 8.32 Å². The molecular weight excluding hydrogens is 400 g/mol. The minimum absolute atomic E-state index is 0.0364. The maximum absolute atomic E-state index is 12.8. The molecule has 2 fully saturated rings. The van der Waals surface area contributed by atoms with E-state index >= 15 is 0 Å². The number of rotatable bonds is 9. The molecule has 0 saturated carbocycles. The van der Waals surface area contributed by atoms with Crippen molar-refractivity contribution in [3.8, 4) is 0 Å². The van der Waals surface area contributed by atoms with E-state index in [1.807, 2.05) is 13.8 Å². The zero-order chi connectivity index (χ0) is 22.9. The van der Waals surface area contributed by atoms with Crippen LogP contribution in [0.25, 0.3) is 0 Å². The van der Waals surface area contributed by atoms with Gasteiger partial charge < -0.3 is 19.4 Å². The fraction of sp³-hybridized carbons (Fsp3) is 0.773. The molecule has 1 N–H and O–H groups in total. The maximum atomic E-state index is 12.8. The van der Waals surface area contributed by atoms with E-state index in [0.717, 1.165) is 0 Å². The number of Topliss-reactive ketones (excluding diaryl/α,β-unsaturated/α-hetero) is 1. The van der Waals surface area contributed by atoms with Gasteiger partial charge in [-0.15, -0.1) is 0 Å². The van der Waals surface area contributed by atoms with Crippen LogP contribution in [0.2, 0.25) is 18.1 Å². The van der Waals surface area contributed by atoms with Crippen molar-refractivity contribution in [1.82, 2.24) is 10.2 Å². The molecule has 8 heteroatoms. The Hall–Kier alpha value is -1.67. The first-order valence-corrected chi connectivity index (χ1v) is 13.7. The van der Waals surface area contributed by atoms with Crippen molar-refractivity contribution in [2.24, 2.45) is 17.8 Å². The summed E-state index contributed by atoms with van der Waals surface area (Å²) in [6.07, 6.45) is 1.34. The van der Waals surface area contributed by atoms with E-state index in [0.29, 0.717) is 19.5 Å². The molecule has 2 rings (SSSR count). The molecule has 170 valence electrons. The lowest BCUT2D eigenvalue weighted by Gasteiger charge is -2.47. The van der Waals surface area contributed by atoms with Crippen LogP contribution in [0.1, 0.15) is 41.0 Å². The lowest BCUT2D eigenvalue weighted by molar-refractivity contribution is -0.144. The van der Waals surface area contributed by atoms with Gasteiger partial charge in [0.1, 0.15) is 12.4 Å². The third-order valence-electron chi connectivity index (χ3n) is 6.87. The van der Waals surface area contributed by atoms with E-state index in [-0.39, 0.29) is 59.3 Å². The molecule has 0 aliphatic carbocycles. The zero-order valence-electron chi connectivity index (χ0n) is 19.5. The van der Waals surface area contributed by atoms with E-state index in [9.17, 15) is 14.4 Å². The van der Waals surface area contributed by atoms with E-state index in [1.54, 1.807) is 4.90 Å². The van der Waals surface area contributed by atoms with Gasteiger partial charge in [-0.1, -0.05) is 40.3 Å². The highest BCUT2D eigenvalue weighted by Gasteiger charge is 2.50. The molecule has 7 nitrogen and oxygen atoms in total. The highest BCUT2D eigenvalue weighted by Crippen LogP contribution is 2.39. The first kappa shape index (κ1) is 24.6.